The summed E-state index contributed by atoms with van der Waals surface area (Å²) in [6.45, 7) is 2.10. The molecule has 2 heterocycles. The molecule has 1 aliphatic rings. The third kappa shape index (κ3) is 2.50. The minimum absolute atomic E-state index is 0.538. The topological polar surface area (TPSA) is 28.2 Å². The maximum absolute atomic E-state index is 6.02. The number of halogens is 2. The highest BCUT2D eigenvalue weighted by atomic mass is 79.9. The summed E-state index contributed by atoms with van der Waals surface area (Å²) in [6.07, 6.45) is 3.06. The normalized spacial score (nSPS) is 22.2. The number of aromatic nitrogens is 1. The highest BCUT2D eigenvalue weighted by Crippen LogP contribution is 2.29. The molecule has 0 spiro atoms. The lowest BCUT2D eigenvalue weighted by Gasteiger charge is -2.14. The van der Waals surface area contributed by atoms with Crippen LogP contribution in [0.25, 0.3) is 0 Å². The van der Waals surface area contributed by atoms with E-state index in [4.69, 9.17) is 11.6 Å². The standard InChI is InChI=1S/C10H13BrClN3/c1-13-15-3-2-7(6-15)8-4-9(12)10(11)14-5-8/h4-5,7,13H,2-3,6H2,1H3/t7-/m0/s1. The highest BCUT2D eigenvalue weighted by molar-refractivity contribution is 9.10. The summed E-state index contributed by atoms with van der Waals surface area (Å²) in [6, 6.07) is 2.00. The number of hydrogen-bond acceptors (Lipinski definition) is 3. The van der Waals surface area contributed by atoms with Crippen LogP contribution in [-0.4, -0.2) is 30.1 Å². The van der Waals surface area contributed by atoms with Crippen LogP contribution >= 0.6 is 27.5 Å². The smallest absolute Gasteiger partial charge is 0.124 e. The Morgan fingerprint density at radius 2 is 2.47 bits per heavy atom. The van der Waals surface area contributed by atoms with Crippen LogP contribution in [0.3, 0.4) is 0 Å². The molecule has 0 aliphatic carbocycles. The highest BCUT2D eigenvalue weighted by Gasteiger charge is 2.23. The third-order valence-corrected chi connectivity index (χ3v) is 3.94. The molecule has 0 aromatic carbocycles. The van der Waals surface area contributed by atoms with Gasteiger partial charge in [-0.2, -0.15) is 0 Å². The minimum Gasteiger partial charge on any atom is -0.258 e. The number of hydrogen-bond donors (Lipinski definition) is 1. The fraction of sp³-hybridized carbons (Fsp3) is 0.500. The summed E-state index contributed by atoms with van der Waals surface area (Å²) in [7, 11) is 1.95. The summed E-state index contributed by atoms with van der Waals surface area (Å²) in [4.78, 5) is 4.22. The Hall–Kier alpha value is -0.160. The molecule has 1 atom stereocenters. The van der Waals surface area contributed by atoms with Crippen molar-refractivity contribution in [2.45, 2.75) is 12.3 Å². The van der Waals surface area contributed by atoms with Crippen LogP contribution in [0.2, 0.25) is 5.02 Å². The quantitative estimate of drug-likeness (QED) is 0.848. The number of pyridine rings is 1. The molecule has 1 aromatic rings. The fourth-order valence-electron chi connectivity index (χ4n) is 1.89. The van der Waals surface area contributed by atoms with Crippen molar-refractivity contribution in [1.29, 1.82) is 0 Å². The Bertz CT molecular complexity index is 359. The first-order valence-corrected chi connectivity index (χ1v) is 6.11. The van der Waals surface area contributed by atoms with Gasteiger partial charge in [-0.3, -0.25) is 5.43 Å². The summed E-state index contributed by atoms with van der Waals surface area (Å²) >= 11 is 9.32. The molecule has 1 fully saturated rings. The Labute approximate surface area is 103 Å². The van der Waals surface area contributed by atoms with Crippen LogP contribution < -0.4 is 5.43 Å². The molecule has 1 aromatic heterocycles. The van der Waals surface area contributed by atoms with Gasteiger partial charge < -0.3 is 0 Å². The molecule has 0 radical (unpaired) electrons. The predicted octanol–water partition coefficient (Wildman–Crippen LogP) is 2.42. The van der Waals surface area contributed by atoms with E-state index in [0.717, 1.165) is 24.1 Å². The fourth-order valence-corrected chi connectivity index (χ4v) is 2.29. The van der Waals surface area contributed by atoms with E-state index in [9.17, 15) is 0 Å². The van der Waals surface area contributed by atoms with Crippen molar-refractivity contribution >= 4 is 27.5 Å². The number of hydrazine groups is 1. The lowest BCUT2D eigenvalue weighted by Crippen LogP contribution is -2.32. The van der Waals surface area contributed by atoms with Gasteiger partial charge in [-0.25, -0.2) is 9.99 Å². The molecule has 5 heteroatoms. The SMILES string of the molecule is CNN1CC[C@H](c2cnc(Br)c(Cl)c2)C1. The largest absolute Gasteiger partial charge is 0.258 e. The van der Waals surface area contributed by atoms with Crippen LogP contribution in [-0.2, 0) is 0 Å². The maximum atomic E-state index is 6.02. The molecule has 0 unspecified atom stereocenters. The van der Waals surface area contributed by atoms with Gasteiger partial charge in [-0.05, 0) is 41.0 Å². The van der Waals surface area contributed by atoms with Crippen molar-refractivity contribution in [3.05, 3.63) is 27.5 Å². The Balaban J connectivity index is 2.13. The van der Waals surface area contributed by atoms with Gasteiger partial charge in [0.15, 0.2) is 0 Å². The zero-order chi connectivity index (χ0) is 10.8. The monoisotopic (exact) mass is 289 g/mol. The van der Waals surface area contributed by atoms with Crippen molar-refractivity contribution in [2.75, 3.05) is 20.1 Å². The van der Waals surface area contributed by atoms with E-state index in [1.165, 1.54) is 5.56 Å². The summed E-state index contributed by atoms with van der Waals surface area (Å²) in [5, 5.41) is 2.90. The Morgan fingerprint density at radius 3 is 3.07 bits per heavy atom. The minimum atomic E-state index is 0.538. The Morgan fingerprint density at radius 1 is 1.67 bits per heavy atom. The molecule has 1 aliphatic heterocycles. The van der Waals surface area contributed by atoms with Gasteiger partial charge in [-0.15, -0.1) is 0 Å². The summed E-state index contributed by atoms with van der Waals surface area (Å²) in [5.41, 5.74) is 4.38. The van der Waals surface area contributed by atoms with Crippen LogP contribution in [0, 0.1) is 0 Å². The molecule has 0 amide bonds. The molecule has 3 nitrogen and oxygen atoms in total. The van der Waals surface area contributed by atoms with E-state index in [1.807, 2.05) is 19.3 Å². The second-order valence-electron chi connectivity index (χ2n) is 3.70. The van der Waals surface area contributed by atoms with E-state index in [0.29, 0.717) is 10.9 Å². The molecule has 1 saturated heterocycles. The number of nitrogens with zero attached hydrogens (tertiary/aromatic N) is 2. The van der Waals surface area contributed by atoms with Crippen molar-refractivity contribution < 1.29 is 0 Å². The van der Waals surface area contributed by atoms with E-state index >= 15 is 0 Å². The second kappa shape index (κ2) is 4.78. The van der Waals surface area contributed by atoms with Gasteiger partial charge in [0.05, 0.1) is 5.02 Å². The molecule has 2 rings (SSSR count). The zero-order valence-electron chi connectivity index (χ0n) is 8.50. The number of nitrogens with one attached hydrogen (secondary N) is 1. The van der Waals surface area contributed by atoms with Crippen LogP contribution in [0.15, 0.2) is 16.9 Å². The van der Waals surface area contributed by atoms with Gasteiger partial charge in [0.1, 0.15) is 4.60 Å². The lowest BCUT2D eigenvalue weighted by atomic mass is 10.0. The average molecular weight is 291 g/mol. The Kier molecular flexibility index (Phi) is 3.61. The molecule has 15 heavy (non-hydrogen) atoms. The van der Waals surface area contributed by atoms with Crippen LogP contribution in [0.5, 0.6) is 0 Å². The third-order valence-electron chi connectivity index (χ3n) is 2.79. The molecular formula is C10H13BrClN3. The van der Waals surface area contributed by atoms with Gasteiger partial charge in [0.2, 0.25) is 0 Å². The van der Waals surface area contributed by atoms with Gasteiger partial charge in [0.25, 0.3) is 0 Å². The molecule has 82 valence electrons. The van der Waals surface area contributed by atoms with Gasteiger partial charge in [0, 0.05) is 25.2 Å². The summed E-state index contributed by atoms with van der Waals surface area (Å²) < 4.78 is 0.719. The average Bonchev–Trinajstić information content (AvgIpc) is 2.70. The van der Waals surface area contributed by atoms with Crippen molar-refractivity contribution in [3.8, 4) is 0 Å². The molecular weight excluding hydrogens is 277 g/mol. The zero-order valence-corrected chi connectivity index (χ0v) is 10.8. The molecule has 0 saturated carbocycles. The van der Waals surface area contributed by atoms with Crippen LogP contribution in [0.1, 0.15) is 17.9 Å². The first-order chi connectivity index (χ1) is 7.20. The van der Waals surface area contributed by atoms with E-state index in [-0.39, 0.29) is 0 Å². The molecule has 1 N–H and O–H groups in total. The predicted molar refractivity (Wildman–Crippen MR) is 64.9 cm³/mol. The molecule has 0 bridgehead atoms. The van der Waals surface area contributed by atoms with E-state index in [2.05, 4.69) is 31.3 Å². The lowest BCUT2D eigenvalue weighted by molar-refractivity contribution is 0.258. The van der Waals surface area contributed by atoms with E-state index < -0.39 is 0 Å². The van der Waals surface area contributed by atoms with Gasteiger partial charge in [-0.1, -0.05) is 11.6 Å². The van der Waals surface area contributed by atoms with E-state index in [1.54, 1.807) is 0 Å². The first kappa shape index (κ1) is 11.3. The number of rotatable bonds is 2. The van der Waals surface area contributed by atoms with Crippen LogP contribution in [0.4, 0.5) is 0 Å². The summed E-state index contributed by atoms with van der Waals surface area (Å²) in [5.74, 6) is 0.538. The first-order valence-electron chi connectivity index (χ1n) is 4.94. The second-order valence-corrected chi connectivity index (χ2v) is 4.85. The van der Waals surface area contributed by atoms with Crippen molar-refractivity contribution in [1.82, 2.24) is 15.4 Å². The van der Waals surface area contributed by atoms with Crippen molar-refractivity contribution in [2.24, 2.45) is 0 Å². The van der Waals surface area contributed by atoms with Gasteiger partial charge >= 0.3 is 0 Å². The maximum Gasteiger partial charge on any atom is 0.124 e. The van der Waals surface area contributed by atoms with Crippen molar-refractivity contribution in [3.63, 3.8) is 0 Å².